The number of rotatable bonds is 5. The van der Waals surface area contributed by atoms with Crippen molar-refractivity contribution in [2.45, 2.75) is 84.3 Å². The molecule has 1 saturated heterocycles. The van der Waals surface area contributed by atoms with Crippen molar-refractivity contribution in [2.24, 2.45) is 5.92 Å². The first-order valence-corrected chi connectivity index (χ1v) is 11.0. The van der Waals surface area contributed by atoms with E-state index in [1.54, 1.807) is 38.8 Å². The van der Waals surface area contributed by atoms with Crippen molar-refractivity contribution in [3.63, 3.8) is 0 Å². The minimum Gasteiger partial charge on any atom is -0.391 e. The Morgan fingerprint density at radius 1 is 1.17 bits per heavy atom. The quantitative estimate of drug-likeness (QED) is 0.636. The summed E-state index contributed by atoms with van der Waals surface area (Å²) in [4.78, 5) is 11.5. The summed E-state index contributed by atoms with van der Waals surface area (Å²) in [6.45, 7) is 7.74. The van der Waals surface area contributed by atoms with E-state index in [-0.39, 0.29) is 11.7 Å². The maximum Gasteiger partial charge on any atom is 0.133 e. The van der Waals surface area contributed by atoms with Gasteiger partial charge in [-0.2, -0.15) is 0 Å². The molecular weight excluding hydrogens is 360 g/mol. The SMILES string of the molecule is C1=CC2=C(CC1)CCC2.CC(=O)C(Cc1ccccc1)CC1CO1.CC(C)(C)O. The van der Waals surface area contributed by atoms with Crippen molar-refractivity contribution in [2.75, 3.05) is 6.61 Å². The van der Waals surface area contributed by atoms with Gasteiger partial charge in [-0.25, -0.2) is 0 Å². The van der Waals surface area contributed by atoms with Crippen LogP contribution in [0.15, 0.2) is 53.6 Å². The predicted molar refractivity (Wildman–Crippen MR) is 120 cm³/mol. The molecule has 1 aliphatic heterocycles. The Labute approximate surface area is 176 Å². The molecule has 1 fully saturated rings. The summed E-state index contributed by atoms with van der Waals surface area (Å²) in [5.41, 5.74) is 4.14. The van der Waals surface area contributed by atoms with Crippen molar-refractivity contribution in [1.29, 1.82) is 0 Å². The average Bonchev–Trinajstić information content (AvgIpc) is 3.34. The van der Waals surface area contributed by atoms with Crippen molar-refractivity contribution >= 4 is 5.78 Å². The highest BCUT2D eigenvalue weighted by molar-refractivity contribution is 5.78. The minimum atomic E-state index is -0.500. The molecule has 3 heteroatoms. The van der Waals surface area contributed by atoms with Gasteiger partial charge in [-0.15, -0.1) is 0 Å². The number of epoxide rings is 1. The van der Waals surface area contributed by atoms with Gasteiger partial charge in [0.2, 0.25) is 0 Å². The van der Waals surface area contributed by atoms with E-state index in [1.165, 1.54) is 37.7 Å². The zero-order chi connectivity index (χ0) is 21.3. The number of aliphatic hydroxyl groups is 1. The molecule has 0 radical (unpaired) electrons. The Balaban J connectivity index is 0.000000181. The van der Waals surface area contributed by atoms with Gasteiger partial charge in [0.1, 0.15) is 5.78 Å². The van der Waals surface area contributed by atoms with E-state index in [1.807, 2.05) is 18.2 Å². The Morgan fingerprint density at radius 3 is 2.38 bits per heavy atom. The number of hydrogen-bond donors (Lipinski definition) is 1. The molecule has 0 spiro atoms. The Hall–Kier alpha value is -1.71. The van der Waals surface area contributed by atoms with Crippen LogP contribution >= 0.6 is 0 Å². The molecule has 1 aromatic rings. The molecule has 0 bridgehead atoms. The lowest BCUT2D eigenvalue weighted by molar-refractivity contribution is -0.121. The van der Waals surface area contributed by atoms with E-state index in [2.05, 4.69) is 24.3 Å². The van der Waals surface area contributed by atoms with E-state index < -0.39 is 5.60 Å². The van der Waals surface area contributed by atoms with Gasteiger partial charge < -0.3 is 9.84 Å². The van der Waals surface area contributed by atoms with E-state index in [0.717, 1.165) is 19.4 Å². The van der Waals surface area contributed by atoms with Gasteiger partial charge in [-0.1, -0.05) is 48.1 Å². The molecule has 2 aliphatic carbocycles. The first kappa shape index (κ1) is 23.6. The number of Topliss-reactive ketones (excluding diaryl/α,β-unsaturated/α-hetero) is 1. The van der Waals surface area contributed by atoms with Crippen molar-refractivity contribution in [3.05, 3.63) is 59.2 Å². The van der Waals surface area contributed by atoms with Crippen LogP contribution in [0.3, 0.4) is 0 Å². The maximum absolute atomic E-state index is 11.5. The Kier molecular flexibility index (Phi) is 9.32. The van der Waals surface area contributed by atoms with E-state index in [9.17, 15) is 4.79 Å². The molecule has 0 aromatic heterocycles. The Morgan fingerprint density at radius 2 is 1.83 bits per heavy atom. The van der Waals surface area contributed by atoms with Crippen LogP contribution in [-0.2, 0) is 16.0 Å². The fourth-order valence-corrected chi connectivity index (χ4v) is 3.61. The molecule has 3 nitrogen and oxygen atoms in total. The van der Waals surface area contributed by atoms with Crippen LogP contribution in [0, 0.1) is 5.92 Å². The molecule has 0 amide bonds. The normalized spacial score (nSPS) is 20.7. The average molecular weight is 399 g/mol. The zero-order valence-corrected chi connectivity index (χ0v) is 18.6. The molecule has 2 atom stereocenters. The smallest absolute Gasteiger partial charge is 0.133 e. The highest BCUT2D eigenvalue weighted by atomic mass is 16.6. The van der Waals surface area contributed by atoms with Crippen molar-refractivity contribution < 1.29 is 14.6 Å². The topological polar surface area (TPSA) is 49.8 Å². The summed E-state index contributed by atoms with van der Waals surface area (Å²) in [6.07, 6.45) is 13.5. The molecule has 29 heavy (non-hydrogen) atoms. The van der Waals surface area contributed by atoms with Crippen LogP contribution in [0.4, 0.5) is 0 Å². The van der Waals surface area contributed by atoms with Gasteiger partial charge in [-0.3, -0.25) is 4.79 Å². The van der Waals surface area contributed by atoms with Crippen LogP contribution in [0.2, 0.25) is 0 Å². The standard InChI is InChI=1S/C13H16O2.C9H12.C4H10O/c1-10(14)12(8-13-9-15-13)7-11-5-3-2-4-6-11;1-2-5-9-7-3-6-8(9)4-1;1-4(2,3)5/h2-6,12-13H,7-9H2,1H3;1,4H,2-3,5-7H2;5H,1-3H3. The molecule has 3 aliphatic rings. The summed E-state index contributed by atoms with van der Waals surface area (Å²) in [6, 6.07) is 10.2. The van der Waals surface area contributed by atoms with E-state index in [0.29, 0.717) is 6.10 Å². The first-order valence-electron chi connectivity index (χ1n) is 11.0. The summed E-state index contributed by atoms with van der Waals surface area (Å²) < 4.78 is 5.17. The molecule has 1 N–H and O–H groups in total. The van der Waals surface area contributed by atoms with E-state index in [4.69, 9.17) is 9.84 Å². The number of ether oxygens (including phenoxy) is 1. The molecule has 160 valence electrons. The first-order chi connectivity index (χ1) is 13.7. The summed E-state index contributed by atoms with van der Waals surface area (Å²) in [5.74, 6) is 0.397. The molecule has 1 aromatic carbocycles. The number of carbonyl (C=O) groups excluding carboxylic acids is 1. The van der Waals surface area contributed by atoms with Crippen LogP contribution < -0.4 is 0 Å². The van der Waals surface area contributed by atoms with Gasteiger partial charge in [0.05, 0.1) is 18.3 Å². The maximum atomic E-state index is 11.5. The third kappa shape index (κ3) is 10.6. The monoisotopic (exact) mass is 398 g/mol. The third-order valence-electron chi connectivity index (χ3n) is 5.16. The predicted octanol–water partition coefficient (Wildman–Crippen LogP) is 5.82. The summed E-state index contributed by atoms with van der Waals surface area (Å²) in [7, 11) is 0. The lowest BCUT2D eigenvalue weighted by atomic mass is 9.92. The van der Waals surface area contributed by atoms with Crippen LogP contribution in [0.25, 0.3) is 0 Å². The van der Waals surface area contributed by atoms with Crippen molar-refractivity contribution in [1.82, 2.24) is 0 Å². The van der Waals surface area contributed by atoms with Crippen molar-refractivity contribution in [3.8, 4) is 0 Å². The number of benzene rings is 1. The van der Waals surface area contributed by atoms with E-state index >= 15 is 0 Å². The Bertz CT molecular complexity index is 684. The lowest BCUT2D eigenvalue weighted by Crippen LogP contribution is -2.16. The van der Waals surface area contributed by atoms with Gasteiger partial charge >= 0.3 is 0 Å². The minimum absolute atomic E-state index is 0.125. The van der Waals surface area contributed by atoms with Gasteiger partial charge in [0.15, 0.2) is 0 Å². The molecule has 2 unspecified atom stereocenters. The van der Waals surface area contributed by atoms with Gasteiger partial charge in [0, 0.05) is 5.92 Å². The summed E-state index contributed by atoms with van der Waals surface area (Å²) >= 11 is 0. The lowest BCUT2D eigenvalue weighted by Gasteiger charge is -2.12. The zero-order valence-electron chi connectivity index (χ0n) is 18.6. The second-order valence-electron chi connectivity index (χ2n) is 9.28. The fourth-order valence-electron chi connectivity index (χ4n) is 3.61. The molecular formula is C26H38O3. The number of allylic oxidation sites excluding steroid dienone is 4. The van der Waals surface area contributed by atoms with Crippen LogP contribution in [0.5, 0.6) is 0 Å². The number of ketones is 1. The number of carbonyl (C=O) groups is 1. The summed E-state index contributed by atoms with van der Waals surface area (Å²) in [5, 5.41) is 8.52. The highest BCUT2D eigenvalue weighted by Crippen LogP contribution is 2.32. The third-order valence-corrected chi connectivity index (χ3v) is 5.16. The molecule has 1 heterocycles. The fraction of sp³-hybridized carbons (Fsp3) is 0.577. The van der Waals surface area contributed by atoms with Crippen LogP contribution in [-0.4, -0.2) is 29.2 Å². The van der Waals surface area contributed by atoms with Crippen LogP contribution in [0.1, 0.15) is 71.8 Å². The second kappa shape index (κ2) is 11.5. The highest BCUT2D eigenvalue weighted by Gasteiger charge is 2.28. The largest absolute Gasteiger partial charge is 0.391 e. The van der Waals surface area contributed by atoms with Gasteiger partial charge in [-0.05, 0) is 83.8 Å². The second-order valence-corrected chi connectivity index (χ2v) is 9.28. The molecule has 4 rings (SSSR count). The van der Waals surface area contributed by atoms with Gasteiger partial charge in [0.25, 0.3) is 0 Å². The number of hydrogen-bond acceptors (Lipinski definition) is 3. The molecule has 0 saturated carbocycles.